The Morgan fingerprint density at radius 2 is 1.74 bits per heavy atom. The molecule has 3 rings (SSSR count). The third kappa shape index (κ3) is 3.15. The van der Waals surface area contributed by atoms with Crippen LogP contribution in [0.4, 0.5) is 0 Å². The van der Waals surface area contributed by atoms with Gasteiger partial charge in [-0.1, -0.05) is 35.9 Å². The number of nitrogens with two attached hydrogens (primary N) is 1. The minimum Gasteiger partial charge on any atom is -0.354 e. The number of hydrogen-bond acceptors (Lipinski definition) is 1. The van der Waals surface area contributed by atoms with E-state index in [1.807, 2.05) is 12.1 Å². The van der Waals surface area contributed by atoms with Gasteiger partial charge in [-0.2, -0.15) is 0 Å². The Morgan fingerprint density at radius 1 is 1.00 bits per heavy atom. The molecule has 1 aromatic heterocycles. The van der Waals surface area contributed by atoms with Gasteiger partial charge in [0.2, 0.25) is 0 Å². The lowest BCUT2D eigenvalue weighted by molar-refractivity contribution is 0.748. The van der Waals surface area contributed by atoms with Gasteiger partial charge < -0.3 is 10.7 Å². The van der Waals surface area contributed by atoms with E-state index in [2.05, 4.69) is 43.1 Å². The molecule has 3 N–H and O–H groups in total. The van der Waals surface area contributed by atoms with Crippen LogP contribution in [0.1, 0.15) is 29.5 Å². The molecular formula is C20H23ClN2. The molecule has 0 fully saturated rings. The monoisotopic (exact) mass is 326 g/mol. The number of rotatable bonds is 5. The molecule has 0 aliphatic rings. The SMILES string of the molecule is Cc1ccc2c(CCCCN)c(-c3ccc(Cl)cc3)[nH]c2c1C. The summed E-state index contributed by atoms with van der Waals surface area (Å²) in [5.41, 5.74) is 13.3. The summed E-state index contributed by atoms with van der Waals surface area (Å²) in [5.74, 6) is 0. The van der Waals surface area contributed by atoms with Crippen LogP contribution >= 0.6 is 11.6 Å². The third-order valence-corrected chi connectivity index (χ3v) is 4.88. The zero-order chi connectivity index (χ0) is 16.4. The number of aryl methyl sites for hydroxylation is 3. The first-order valence-electron chi connectivity index (χ1n) is 8.18. The first-order chi connectivity index (χ1) is 11.1. The maximum atomic E-state index is 6.04. The van der Waals surface area contributed by atoms with Crippen molar-refractivity contribution in [2.75, 3.05) is 6.54 Å². The standard InChI is InChI=1S/C20H23ClN2/c1-13-6-11-18-17(5-3-4-12-22)20(23-19(18)14(13)2)15-7-9-16(21)10-8-15/h6-11,23H,3-5,12,22H2,1-2H3. The summed E-state index contributed by atoms with van der Waals surface area (Å²) >= 11 is 6.04. The molecular weight excluding hydrogens is 304 g/mol. The third-order valence-electron chi connectivity index (χ3n) is 4.63. The molecule has 0 aliphatic heterocycles. The van der Waals surface area contributed by atoms with E-state index >= 15 is 0 Å². The lowest BCUT2D eigenvalue weighted by Crippen LogP contribution is -1.99. The molecule has 0 saturated carbocycles. The molecule has 1 heterocycles. The lowest BCUT2D eigenvalue weighted by atomic mass is 9.98. The fourth-order valence-electron chi connectivity index (χ4n) is 3.13. The number of benzene rings is 2. The van der Waals surface area contributed by atoms with Gasteiger partial charge in [0.15, 0.2) is 0 Å². The number of halogens is 1. The quantitative estimate of drug-likeness (QED) is 0.607. The van der Waals surface area contributed by atoms with Crippen molar-refractivity contribution in [2.45, 2.75) is 33.1 Å². The number of hydrogen-bond donors (Lipinski definition) is 2. The topological polar surface area (TPSA) is 41.8 Å². The first-order valence-corrected chi connectivity index (χ1v) is 8.56. The Bertz CT molecular complexity index is 816. The van der Waals surface area contributed by atoms with Gasteiger partial charge in [-0.05, 0) is 74.0 Å². The number of unbranched alkanes of at least 4 members (excludes halogenated alkanes) is 1. The fraction of sp³-hybridized carbons (Fsp3) is 0.300. The molecule has 0 saturated heterocycles. The maximum absolute atomic E-state index is 6.04. The summed E-state index contributed by atoms with van der Waals surface area (Å²) in [4.78, 5) is 3.66. The molecule has 0 bridgehead atoms. The van der Waals surface area contributed by atoms with Crippen molar-refractivity contribution < 1.29 is 0 Å². The average Bonchev–Trinajstić information content (AvgIpc) is 2.91. The van der Waals surface area contributed by atoms with E-state index in [9.17, 15) is 0 Å². The second-order valence-corrected chi connectivity index (χ2v) is 6.60. The Kier molecular flexibility index (Phi) is 4.74. The Morgan fingerprint density at radius 3 is 2.43 bits per heavy atom. The number of nitrogens with one attached hydrogen (secondary N) is 1. The normalized spacial score (nSPS) is 11.3. The lowest BCUT2D eigenvalue weighted by Gasteiger charge is -2.06. The second-order valence-electron chi connectivity index (χ2n) is 6.16. The number of fused-ring (bicyclic) bond motifs is 1. The van der Waals surface area contributed by atoms with Crippen LogP contribution in [0.3, 0.4) is 0 Å². The minimum absolute atomic E-state index is 0.747. The number of aromatic nitrogens is 1. The van der Waals surface area contributed by atoms with E-state index < -0.39 is 0 Å². The van der Waals surface area contributed by atoms with E-state index in [0.29, 0.717) is 0 Å². The zero-order valence-corrected chi connectivity index (χ0v) is 14.5. The summed E-state index contributed by atoms with van der Waals surface area (Å²) in [6, 6.07) is 12.5. The minimum atomic E-state index is 0.747. The van der Waals surface area contributed by atoms with Crippen molar-refractivity contribution in [1.82, 2.24) is 4.98 Å². The van der Waals surface area contributed by atoms with Crippen LogP contribution in [-0.2, 0) is 6.42 Å². The largest absolute Gasteiger partial charge is 0.354 e. The highest BCUT2D eigenvalue weighted by atomic mass is 35.5. The van der Waals surface area contributed by atoms with Crippen molar-refractivity contribution in [1.29, 1.82) is 0 Å². The number of H-pyrrole nitrogens is 1. The van der Waals surface area contributed by atoms with E-state index in [-0.39, 0.29) is 0 Å². The van der Waals surface area contributed by atoms with Crippen molar-refractivity contribution in [3.8, 4) is 11.3 Å². The molecule has 0 atom stereocenters. The van der Waals surface area contributed by atoms with Crippen LogP contribution in [0, 0.1) is 13.8 Å². The highest BCUT2D eigenvalue weighted by molar-refractivity contribution is 6.30. The molecule has 120 valence electrons. The molecule has 0 aliphatic carbocycles. The Hall–Kier alpha value is -1.77. The highest BCUT2D eigenvalue weighted by Crippen LogP contribution is 2.34. The van der Waals surface area contributed by atoms with Crippen LogP contribution in [0.5, 0.6) is 0 Å². The molecule has 0 unspecified atom stereocenters. The van der Waals surface area contributed by atoms with Gasteiger partial charge in [-0.15, -0.1) is 0 Å². The summed E-state index contributed by atoms with van der Waals surface area (Å²) in [6.07, 6.45) is 3.20. The van der Waals surface area contributed by atoms with Gasteiger partial charge >= 0.3 is 0 Å². The predicted molar refractivity (Wildman–Crippen MR) is 100 cm³/mol. The van der Waals surface area contributed by atoms with Crippen LogP contribution in [0.2, 0.25) is 5.02 Å². The molecule has 3 heteroatoms. The summed E-state index contributed by atoms with van der Waals surface area (Å²) in [7, 11) is 0. The molecule has 0 amide bonds. The van der Waals surface area contributed by atoms with Gasteiger partial charge in [0, 0.05) is 21.6 Å². The van der Waals surface area contributed by atoms with Crippen LogP contribution in [-0.4, -0.2) is 11.5 Å². The summed E-state index contributed by atoms with van der Waals surface area (Å²) in [6.45, 7) is 5.09. The molecule has 23 heavy (non-hydrogen) atoms. The number of aromatic amines is 1. The van der Waals surface area contributed by atoms with Crippen LogP contribution < -0.4 is 5.73 Å². The van der Waals surface area contributed by atoms with Gasteiger partial charge in [-0.25, -0.2) is 0 Å². The predicted octanol–water partition coefficient (Wildman–Crippen LogP) is 5.39. The zero-order valence-electron chi connectivity index (χ0n) is 13.7. The van der Waals surface area contributed by atoms with E-state index in [1.165, 1.54) is 38.9 Å². The summed E-state index contributed by atoms with van der Waals surface area (Å²) < 4.78 is 0. The van der Waals surface area contributed by atoms with Crippen molar-refractivity contribution in [2.24, 2.45) is 5.73 Å². The average molecular weight is 327 g/mol. The molecule has 0 spiro atoms. The first kappa shape index (κ1) is 16.1. The summed E-state index contributed by atoms with van der Waals surface area (Å²) in [5, 5.41) is 2.09. The van der Waals surface area contributed by atoms with Gasteiger partial charge in [-0.3, -0.25) is 0 Å². The van der Waals surface area contributed by atoms with Gasteiger partial charge in [0.05, 0.1) is 0 Å². The second kappa shape index (κ2) is 6.77. The Balaban J connectivity index is 2.16. The molecule has 0 radical (unpaired) electrons. The van der Waals surface area contributed by atoms with Crippen molar-refractivity contribution >= 4 is 22.5 Å². The van der Waals surface area contributed by atoms with Gasteiger partial charge in [0.1, 0.15) is 0 Å². The van der Waals surface area contributed by atoms with Crippen molar-refractivity contribution in [3.05, 3.63) is 58.1 Å². The Labute approximate surface area is 142 Å². The van der Waals surface area contributed by atoms with Crippen LogP contribution in [0.25, 0.3) is 22.2 Å². The maximum Gasteiger partial charge on any atom is 0.0497 e. The van der Waals surface area contributed by atoms with E-state index in [4.69, 9.17) is 17.3 Å². The van der Waals surface area contributed by atoms with Crippen molar-refractivity contribution in [3.63, 3.8) is 0 Å². The van der Waals surface area contributed by atoms with E-state index in [1.54, 1.807) is 0 Å². The fourth-order valence-corrected chi connectivity index (χ4v) is 3.26. The van der Waals surface area contributed by atoms with Crippen LogP contribution in [0.15, 0.2) is 36.4 Å². The smallest absolute Gasteiger partial charge is 0.0497 e. The van der Waals surface area contributed by atoms with E-state index in [0.717, 1.165) is 30.8 Å². The molecule has 3 aromatic rings. The molecule has 2 nitrogen and oxygen atoms in total. The molecule has 2 aromatic carbocycles. The highest BCUT2D eigenvalue weighted by Gasteiger charge is 2.15. The van der Waals surface area contributed by atoms with Gasteiger partial charge in [0.25, 0.3) is 0 Å².